The molecule has 0 aromatic heterocycles. The average molecular weight is 175 g/mol. The second-order valence-electron chi connectivity index (χ2n) is 2.80. The topological polar surface area (TPSA) is 48.6 Å². The van der Waals surface area contributed by atoms with Crippen LogP contribution in [0.1, 0.15) is 0 Å². The number of fused-ring (bicyclic) bond motifs is 1. The molecule has 0 saturated carbocycles. The van der Waals surface area contributed by atoms with Gasteiger partial charge >= 0.3 is 0 Å². The predicted molar refractivity (Wildman–Crippen MR) is 47.8 cm³/mol. The van der Waals surface area contributed by atoms with Crippen molar-refractivity contribution in [2.24, 2.45) is 4.99 Å². The first-order chi connectivity index (χ1) is 6.36. The Morgan fingerprint density at radius 3 is 3.31 bits per heavy atom. The molecule has 4 heteroatoms. The van der Waals surface area contributed by atoms with Gasteiger partial charge in [-0.05, 0) is 12.2 Å². The Labute approximate surface area is 76.4 Å². The predicted octanol–water partition coefficient (Wildman–Crippen LogP) is 0.650. The van der Waals surface area contributed by atoms with E-state index in [2.05, 4.69) is 11.1 Å². The smallest absolute Gasteiger partial charge is 0.154 e. The summed E-state index contributed by atoms with van der Waals surface area (Å²) in [4.78, 5) is 6.11. The number of allylic oxidation sites excluding steroid dienone is 2. The lowest BCUT2D eigenvalue weighted by Gasteiger charge is -2.23. The molecule has 0 amide bonds. The molecule has 2 rings (SSSR count). The molecule has 0 aromatic carbocycles. The van der Waals surface area contributed by atoms with Gasteiger partial charge in [0.25, 0.3) is 0 Å². The van der Waals surface area contributed by atoms with Crippen molar-refractivity contribution in [3.8, 4) is 6.07 Å². The highest BCUT2D eigenvalue weighted by molar-refractivity contribution is 6.04. The first-order valence-electron chi connectivity index (χ1n) is 4.01. The highest BCUT2D eigenvalue weighted by atomic mass is 16.5. The van der Waals surface area contributed by atoms with Crippen LogP contribution in [0.3, 0.4) is 0 Å². The summed E-state index contributed by atoms with van der Waals surface area (Å²) in [6, 6.07) is 2.10. The molecular formula is C9H9N3O. The summed E-state index contributed by atoms with van der Waals surface area (Å²) in [6.07, 6.45) is 5.41. The summed E-state index contributed by atoms with van der Waals surface area (Å²) in [7, 11) is 1.64. The molecule has 4 nitrogen and oxygen atoms in total. The van der Waals surface area contributed by atoms with E-state index in [0.29, 0.717) is 12.1 Å². The van der Waals surface area contributed by atoms with Crippen LogP contribution in [0.2, 0.25) is 0 Å². The fraction of sp³-hybridized carbons (Fsp3) is 0.333. The summed E-state index contributed by atoms with van der Waals surface area (Å²) in [6.45, 7) is 0.592. The van der Waals surface area contributed by atoms with Crippen LogP contribution < -0.4 is 0 Å². The van der Waals surface area contributed by atoms with E-state index >= 15 is 0 Å². The van der Waals surface area contributed by atoms with Gasteiger partial charge in [0, 0.05) is 13.3 Å². The lowest BCUT2D eigenvalue weighted by molar-refractivity contribution is 0.0477. The van der Waals surface area contributed by atoms with E-state index in [1.165, 1.54) is 0 Å². The van der Waals surface area contributed by atoms with Crippen LogP contribution >= 0.6 is 0 Å². The van der Waals surface area contributed by atoms with Crippen molar-refractivity contribution >= 4 is 5.84 Å². The van der Waals surface area contributed by atoms with Crippen molar-refractivity contribution in [3.05, 3.63) is 23.9 Å². The summed E-state index contributed by atoms with van der Waals surface area (Å²) >= 11 is 0. The maximum Gasteiger partial charge on any atom is 0.154 e. The molecule has 2 heterocycles. The van der Waals surface area contributed by atoms with Crippen LogP contribution in [0.25, 0.3) is 0 Å². The highest BCUT2D eigenvalue weighted by Crippen LogP contribution is 2.19. The maximum absolute atomic E-state index is 8.80. The number of nitriles is 1. The van der Waals surface area contributed by atoms with Crippen LogP contribution in [-0.2, 0) is 4.74 Å². The zero-order valence-corrected chi connectivity index (χ0v) is 7.27. The van der Waals surface area contributed by atoms with E-state index in [1.807, 2.05) is 17.2 Å². The van der Waals surface area contributed by atoms with Crippen molar-refractivity contribution in [1.29, 1.82) is 5.26 Å². The van der Waals surface area contributed by atoms with Gasteiger partial charge in [0.05, 0.1) is 12.1 Å². The molecule has 0 fully saturated rings. The molecule has 13 heavy (non-hydrogen) atoms. The molecule has 1 unspecified atom stereocenters. The Morgan fingerprint density at radius 2 is 2.62 bits per heavy atom. The van der Waals surface area contributed by atoms with Crippen LogP contribution in [0.4, 0.5) is 0 Å². The lowest BCUT2D eigenvalue weighted by Crippen LogP contribution is -2.35. The Bertz CT molecular complexity index is 348. The zero-order valence-electron chi connectivity index (χ0n) is 7.27. The number of ether oxygens (including phenoxy) is 1. The highest BCUT2D eigenvalue weighted by Gasteiger charge is 2.29. The monoisotopic (exact) mass is 175 g/mol. The van der Waals surface area contributed by atoms with E-state index in [4.69, 9.17) is 10.00 Å². The normalized spacial score (nSPS) is 24.9. The van der Waals surface area contributed by atoms with E-state index in [0.717, 1.165) is 5.84 Å². The fourth-order valence-electron chi connectivity index (χ4n) is 1.44. The number of methoxy groups -OCH3 is 1. The first-order valence-corrected chi connectivity index (χ1v) is 4.01. The van der Waals surface area contributed by atoms with Crippen molar-refractivity contribution in [3.63, 3.8) is 0 Å². The van der Waals surface area contributed by atoms with E-state index in [9.17, 15) is 0 Å². The van der Waals surface area contributed by atoms with Crippen LogP contribution in [0, 0.1) is 11.3 Å². The van der Waals surface area contributed by atoms with Crippen molar-refractivity contribution in [1.82, 2.24) is 4.90 Å². The van der Waals surface area contributed by atoms with Crippen LogP contribution in [-0.4, -0.2) is 30.6 Å². The minimum atomic E-state index is -0.0525. The van der Waals surface area contributed by atoms with E-state index < -0.39 is 0 Å². The molecule has 2 aliphatic heterocycles. The second-order valence-corrected chi connectivity index (χ2v) is 2.80. The van der Waals surface area contributed by atoms with Gasteiger partial charge < -0.3 is 9.64 Å². The lowest BCUT2D eigenvalue weighted by atomic mass is 10.2. The molecule has 0 bridgehead atoms. The molecule has 0 spiro atoms. The number of nitrogens with zero attached hydrogens (tertiary/aromatic N) is 3. The number of amidine groups is 1. The molecule has 66 valence electrons. The quantitative estimate of drug-likeness (QED) is 0.588. The molecular weight excluding hydrogens is 166 g/mol. The first kappa shape index (κ1) is 8.02. The molecule has 0 aromatic rings. The van der Waals surface area contributed by atoms with Crippen LogP contribution in [0.5, 0.6) is 0 Å². The summed E-state index contributed by atoms with van der Waals surface area (Å²) in [5, 5.41) is 8.80. The van der Waals surface area contributed by atoms with Gasteiger partial charge in [-0.3, -0.25) is 4.99 Å². The van der Waals surface area contributed by atoms with Gasteiger partial charge in [-0.25, -0.2) is 0 Å². The van der Waals surface area contributed by atoms with Gasteiger partial charge in [-0.2, -0.15) is 5.26 Å². The third-order valence-electron chi connectivity index (χ3n) is 2.10. The number of hydrogen-bond donors (Lipinski definition) is 0. The van der Waals surface area contributed by atoms with Gasteiger partial charge in [-0.15, -0.1) is 0 Å². The van der Waals surface area contributed by atoms with Crippen molar-refractivity contribution in [2.75, 3.05) is 13.7 Å². The molecule has 0 N–H and O–H groups in total. The minimum absolute atomic E-state index is 0.0525. The molecule has 0 saturated heterocycles. The van der Waals surface area contributed by atoms with Crippen molar-refractivity contribution in [2.45, 2.75) is 6.23 Å². The number of hydrogen-bond acceptors (Lipinski definition) is 4. The second kappa shape index (κ2) is 3.04. The SMILES string of the molecule is COC1CN=C2C(C#N)=CC=CN21. The summed E-state index contributed by atoms with van der Waals surface area (Å²) < 4.78 is 5.20. The maximum atomic E-state index is 8.80. The Balaban J connectivity index is 2.30. The Hall–Kier alpha value is -1.60. The van der Waals surface area contributed by atoms with E-state index in [1.54, 1.807) is 13.2 Å². The summed E-state index contributed by atoms with van der Waals surface area (Å²) in [5.41, 5.74) is 0.599. The van der Waals surface area contributed by atoms with Crippen LogP contribution in [0.15, 0.2) is 28.9 Å². The fourth-order valence-corrected chi connectivity index (χ4v) is 1.44. The molecule has 1 atom stereocenters. The molecule has 2 aliphatic rings. The third-order valence-corrected chi connectivity index (χ3v) is 2.10. The van der Waals surface area contributed by atoms with Gasteiger partial charge in [0.1, 0.15) is 11.9 Å². The van der Waals surface area contributed by atoms with Gasteiger partial charge in [0.2, 0.25) is 0 Å². The summed E-state index contributed by atoms with van der Waals surface area (Å²) in [5.74, 6) is 0.719. The third kappa shape index (κ3) is 1.14. The minimum Gasteiger partial charge on any atom is -0.359 e. The van der Waals surface area contributed by atoms with Gasteiger partial charge in [-0.1, -0.05) is 0 Å². The Morgan fingerprint density at radius 1 is 1.77 bits per heavy atom. The zero-order chi connectivity index (χ0) is 9.26. The standard InChI is InChI=1S/C9H9N3O/c1-13-8-6-11-9-7(5-10)3-2-4-12(8)9/h2-4,8H,6H2,1H3. The molecule has 0 aliphatic carbocycles. The number of aliphatic imine (C=N–C) groups is 1. The molecule has 0 radical (unpaired) electrons. The number of rotatable bonds is 1. The average Bonchev–Trinajstić information content (AvgIpc) is 2.60. The Kier molecular flexibility index (Phi) is 1.87. The van der Waals surface area contributed by atoms with E-state index in [-0.39, 0.29) is 6.23 Å². The largest absolute Gasteiger partial charge is 0.359 e. The van der Waals surface area contributed by atoms with Crippen molar-refractivity contribution < 1.29 is 4.74 Å². The van der Waals surface area contributed by atoms with Gasteiger partial charge in [0.15, 0.2) is 6.23 Å².